The number of hydrogen-bond donors (Lipinski definition) is 4. The standard InChI is InChI=1S/C24H21N7O5/c25-9-8-24(7-5-18(23(34)35)36-12-24)31-17-6-10-27-22(33)19(17)21(30-31)28-14-2-4-15-13(11-14)1-3-16(29-15)20(26)32/h1-4,6,10-11,18H,5,7-8,12H2,(H2,26,32)(H,27,33)(H,28,30)(H,34,35). The number of pyridine rings is 2. The highest BCUT2D eigenvalue weighted by Gasteiger charge is 2.42. The molecule has 0 radical (unpaired) electrons. The van der Waals surface area contributed by atoms with Crippen molar-refractivity contribution in [1.82, 2.24) is 19.7 Å². The maximum atomic E-state index is 12.8. The van der Waals surface area contributed by atoms with Gasteiger partial charge in [0.2, 0.25) is 0 Å². The lowest BCUT2D eigenvalue weighted by molar-refractivity contribution is -0.158. The number of anilines is 2. The molecule has 0 aliphatic carbocycles. The Morgan fingerprint density at radius 3 is 2.86 bits per heavy atom. The van der Waals surface area contributed by atoms with Crippen LogP contribution in [-0.4, -0.2) is 49.4 Å². The summed E-state index contributed by atoms with van der Waals surface area (Å²) in [7, 11) is 0. The Balaban J connectivity index is 1.57. The third-order valence-corrected chi connectivity index (χ3v) is 6.37. The number of primary amides is 1. The van der Waals surface area contributed by atoms with Crippen LogP contribution < -0.4 is 16.6 Å². The minimum Gasteiger partial charge on any atom is -0.479 e. The molecule has 0 spiro atoms. The average Bonchev–Trinajstić information content (AvgIpc) is 3.24. The van der Waals surface area contributed by atoms with Crippen molar-refractivity contribution in [3.8, 4) is 6.07 Å². The van der Waals surface area contributed by atoms with E-state index in [4.69, 9.17) is 10.5 Å². The van der Waals surface area contributed by atoms with Gasteiger partial charge in [0.05, 0.1) is 35.7 Å². The molecule has 5 rings (SSSR count). The van der Waals surface area contributed by atoms with Crippen molar-refractivity contribution in [3.05, 3.63) is 58.6 Å². The number of nitrogens with zero attached hydrogens (tertiary/aromatic N) is 4. The predicted molar refractivity (Wildman–Crippen MR) is 129 cm³/mol. The summed E-state index contributed by atoms with van der Waals surface area (Å²) in [6, 6.07) is 12.3. The van der Waals surface area contributed by atoms with Crippen LogP contribution in [0.5, 0.6) is 0 Å². The molecule has 4 heterocycles. The van der Waals surface area contributed by atoms with Crippen molar-refractivity contribution >= 4 is 45.2 Å². The molecule has 1 saturated heterocycles. The van der Waals surface area contributed by atoms with E-state index in [-0.39, 0.29) is 41.9 Å². The van der Waals surface area contributed by atoms with Gasteiger partial charge < -0.3 is 25.9 Å². The van der Waals surface area contributed by atoms with Crippen LogP contribution in [0.1, 0.15) is 29.8 Å². The van der Waals surface area contributed by atoms with E-state index in [0.29, 0.717) is 23.1 Å². The number of ether oxygens (including phenoxy) is 1. The predicted octanol–water partition coefficient (Wildman–Crippen LogP) is 1.99. The summed E-state index contributed by atoms with van der Waals surface area (Å²) in [6.07, 6.45) is 1.10. The molecule has 2 unspecified atom stereocenters. The van der Waals surface area contributed by atoms with Crippen LogP contribution in [0.4, 0.5) is 11.5 Å². The first kappa shape index (κ1) is 23.0. The van der Waals surface area contributed by atoms with Crippen molar-refractivity contribution in [1.29, 1.82) is 5.26 Å². The van der Waals surface area contributed by atoms with Gasteiger partial charge in [0.25, 0.3) is 11.5 Å². The Morgan fingerprint density at radius 2 is 2.17 bits per heavy atom. The van der Waals surface area contributed by atoms with Crippen molar-refractivity contribution in [2.75, 3.05) is 11.9 Å². The molecule has 12 heteroatoms. The van der Waals surface area contributed by atoms with Gasteiger partial charge in [-0.3, -0.25) is 14.3 Å². The van der Waals surface area contributed by atoms with E-state index in [9.17, 15) is 24.8 Å². The van der Waals surface area contributed by atoms with E-state index in [0.717, 1.165) is 5.39 Å². The zero-order valence-electron chi connectivity index (χ0n) is 18.9. The van der Waals surface area contributed by atoms with Gasteiger partial charge in [0.1, 0.15) is 11.1 Å². The summed E-state index contributed by atoms with van der Waals surface area (Å²) in [5, 5.41) is 27.7. The molecule has 1 aliphatic rings. The normalized spacial score (nSPS) is 19.7. The Hall–Kier alpha value is -4.76. The molecular weight excluding hydrogens is 466 g/mol. The van der Waals surface area contributed by atoms with Gasteiger partial charge in [0.15, 0.2) is 11.9 Å². The lowest BCUT2D eigenvalue weighted by Crippen LogP contribution is -2.46. The molecule has 36 heavy (non-hydrogen) atoms. The number of carboxylic acid groups (broad SMARTS) is 1. The number of amides is 1. The second-order valence-electron chi connectivity index (χ2n) is 8.66. The third-order valence-electron chi connectivity index (χ3n) is 6.37. The third kappa shape index (κ3) is 3.91. The van der Waals surface area contributed by atoms with Crippen LogP contribution in [0.3, 0.4) is 0 Å². The van der Waals surface area contributed by atoms with Crippen molar-refractivity contribution in [2.24, 2.45) is 5.73 Å². The van der Waals surface area contributed by atoms with Gasteiger partial charge in [-0.05, 0) is 43.2 Å². The van der Waals surface area contributed by atoms with Gasteiger partial charge in [-0.25, -0.2) is 9.78 Å². The second kappa shape index (κ2) is 8.79. The average molecular weight is 487 g/mol. The minimum atomic E-state index is -1.06. The summed E-state index contributed by atoms with van der Waals surface area (Å²) in [6.45, 7) is -0.0373. The number of aromatic amines is 1. The first-order valence-electron chi connectivity index (χ1n) is 11.1. The molecule has 1 aliphatic heterocycles. The summed E-state index contributed by atoms with van der Waals surface area (Å²) < 4.78 is 7.19. The molecule has 1 aromatic carbocycles. The number of nitriles is 1. The Labute approximate surface area is 203 Å². The molecule has 0 bridgehead atoms. The molecule has 3 aromatic heterocycles. The van der Waals surface area contributed by atoms with E-state index in [1.165, 1.54) is 12.3 Å². The van der Waals surface area contributed by atoms with E-state index in [1.807, 2.05) is 0 Å². The number of carbonyl (C=O) groups excluding carboxylic acids is 1. The number of H-pyrrole nitrogens is 1. The van der Waals surface area contributed by atoms with Crippen LogP contribution in [0.2, 0.25) is 0 Å². The van der Waals surface area contributed by atoms with Gasteiger partial charge in [0, 0.05) is 17.3 Å². The molecular formula is C24H21N7O5. The van der Waals surface area contributed by atoms with Crippen LogP contribution in [0.25, 0.3) is 21.8 Å². The van der Waals surface area contributed by atoms with Gasteiger partial charge in [-0.1, -0.05) is 6.07 Å². The smallest absolute Gasteiger partial charge is 0.332 e. The number of nitrogens with two attached hydrogens (primary N) is 1. The maximum absolute atomic E-state index is 12.8. The summed E-state index contributed by atoms with van der Waals surface area (Å²) in [5.41, 5.74) is 5.83. The van der Waals surface area contributed by atoms with E-state index in [1.54, 1.807) is 35.0 Å². The molecule has 182 valence electrons. The van der Waals surface area contributed by atoms with Crippen molar-refractivity contribution in [3.63, 3.8) is 0 Å². The Kier molecular flexibility index (Phi) is 5.62. The van der Waals surface area contributed by atoms with E-state index in [2.05, 4.69) is 26.5 Å². The Morgan fingerprint density at radius 1 is 1.33 bits per heavy atom. The summed E-state index contributed by atoms with van der Waals surface area (Å²) >= 11 is 0. The Bertz CT molecular complexity index is 1610. The topological polar surface area (TPSA) is 189 Å². The minimum absolute atomic E-state index is 0.0200. The summed E-state index contributed by atoms with van der Waals surface area (Å²) in [5.74, 6) is -1.41. The van der Waals surface area contributed by atoms with Gasteiger partial charge >= 0.3 is 5.97 Å². The van der Waals surface area contributed by atoms with Crippen LogP contribution in [0.15, 0.2) is 47.4 Å². The number of aromatic nitrogens is 4. The molecule has 4 aromatic rings. The number of rotatable bonds is 6. The van der Waals surface area contributed by atoms with E-state index >= 15 is 0 Å². The summed E-state index contributed by atoms with van der Waals surface area (Å²) in [4.78, 5) is 42.5. The first-order chi connectivity index (χ1) is 17.3. The fraction of sp³-hybridized carbons (Fsp3) is 0.250. The zero-order chi connectivity index (χ0) is 25.4. The van der Waals surface area contributed by atoms with Crippen molar-refractivity contribution < 1.29 is 19.4 Å². The fourth-order valence-electron chi connectivity index (χ4n) is 4.54. The zero-order valence-corrected chi connectivity index (χ0v) is 18.9. The van der Waals surface area contributed by atoms with Gasteiger partial charge in [-0.15, -0.1) is 0 Å². The highest BCUT2D eigenvalue weighted by molar-refractivity contribution is 5.95. The van der Waals surface area contributed by atoms with Crippen molar-refractivity contribution in [2.45, 2.75) is 30.9 Å². The SMILES string of the molecule is N#CCC1(n2nc(Nc3ccc4nc(C(N)=O)ccc4c3)c3c(=O)[nH]ccc32)CCC(C(=O)O)OC1. The molecule has 1 amide bonds. The number of carbonyl (C=O) groups is 2. The molecule has 0 saturated carbocycles. The second-order valence-corrected chi connectivity index (χ2v) is 8.66. The largest absolute Gasteiger partial charge is 0.479 e. The number of aliphatic carboxylic acids is 1. The molecule has 2 atom stereocenters. The van der Waals surface area contributed by atoms with E-state index < -0.39 is 23.5 Å². The highest BCUT2D eigenvalue weighted by Crippen LogP contribution is 2.37. The molecule has 5 N–H and O–H groups in total. The monoisotopic (exact) mass is 487 g/mol. The molecule has 1 fully saturated rings. The fourth-order valence-corrected chi connectivity index (χ4v) is 4.54. The number of carboxylic acids is 1. The molecule has 12 nitrogen and oxygen atoms in total. The first-order valence-corrected chi connectivity index (χ1v) is 11.1. The van der Waals surface area contributed by atoms with Gasteiger partial charge in [-0.2, -0.15) is 10.4 Å². The number of hydrogen-bond acceptors (Lipinski definition) is 8. The highest BCUT2D eigenvalue weighted by atomic mass is 16.5. The quantitative estimate of drug-likeness (QED) is 0.315. The lowest BCUT2D eigenvalue weighted by Gasteiger charge is -2.38. The number of benzene rings is 1. The number of nitrogens with one attached hydrogen (secondary N) is 2. The van der Waals surface area contributed by atoms with Crippen LogP contribution in [0, 0.1) is 11.3 Å². The van der Waals surface area contributed by atoms with Crippen LogP contribution >= 0.6 is 0 Å². The lowest BCUT2D eigenvalue weighted by atomic mass is 9.87. The van der Waals surface area contributed by atoms with Crippen LogP contribution in [-0.2, 0) is 15.1 Å². The number of fused-ring (bicyclic) bond motifs is 2. The maximum Gasteiger partial charge on any atom is 0.332 e.